The molecule has 0 radical (unpaired) electrons. The molecule has 96 valence electrons. The lowest BCUT2D eigenvalue weighted by molar-refractivity contribution is -0.117. The Morgan fingerprint density at radius 2 is 2.39 bits per heavy atom. The molecule has 0 fully saturated rings. The zero-order valence-electron chi connectivity index (χ0n) is 9.94. The van der Waals surface area contributed by atoms with Crippen molar-refractivity contribution in [1.29, 1.82) is 5.26 Å². The van der Waals surface area contributed by atoms with Crippen LogP contribution in [0.4, 0.5) is 5.69 Å². The van der Waals surface area contributed by atoms with Gasteiger partial charge in [0.05, 0.1) is 16.6 Å². The quantitative estimate of drug-likeness (QED) is 0.868. The van der Waals surface area contributed by atoms with Gasteiger partial charge in [-0.1, -0.05) is 11.6 Å². The number of carbonyl (C=O) groups excluding carboxylic acids is 1. The van der Waals surface area contributed by atoms with Crippen LogP contribution in [0.15, 0.2) is 18.2 Å². The Kier molecular flexibility index (Phi) is 5.99. The lowest BCUT2D eigenvalue weighted by atomic mass is 10.2. The van der Waals surface area contributed by atoms with Gasteiger partial charge >= 0.3 is 0 Å². The molecule has 4 nitrogen and oxygen atoms in total. The zero-order chi connectivity index (χ0) is 13.5. The topological polar surface area (TPSA) is 78.9 Å². The number of nitrogens with one attached hydrogen (secondary N) is 1. The Bertz CT molecular complexity index is 473. The molecule has 0 aliphatic heterocycles. The van der Waals surface area contributed by atoms with Gasteiger partial charge in [-0.3, -0.25) is 4.79 Å². The number of hydrogen-bond donors (Lipinski definition) is 2. The molecule has 0 aliphatic carbocycles. The highest BCUT2D eigenvalue weighted by Gasteiger charge is 2.13. The number of nitrogens with two attached hydrogens (primary N) is 1. The van der Waals surface area contributed by atoms with Gasteiger partial charge in [-0.15, -0.1) is 0 Å². The fraction of sp³-hybridized carbons (Fsp3) is 0.333. The zero-order valence-corrected chi connectivity index (χ0v) is 11.5. The maximum Gasteiger partial charge on any atom is 0.241 e. The first kappa shape index (κ1) is 14.8. The smallest absolute Gasteiger partial charge is 0.241 e. The minimum Gasteiger partial charge on any atom is -0.325 e. The molecule has 1 aromatic rings. The van der Waals surface area contributed by atoms with E-state index in [1.54, 1.807) is 30.0 Å². The van der Waals surface area contributed by atoms with E-state index in [1.165, 1.54) is 0 Å². The van der Waals surface area contributed by atoms with Crippen LogP contribution in [0.1, 0.15) is 12.0 Å². The van der Waals surface area contributed by atoms with Crippen molar-refractivity contribution in [3.05, 3.63) is 28.8 Å². The maximum absolute atomic E-state index is 11.7. The molecule has 0 aliphatic rings. The van der Waals surface area contributed by atoms with Crippen LogP contribution in [0.5, 0.6) is 0 Å². The summed E-state index contributed by atoms with van der Waals surface area (Å²) in [5, 5.41) is 11.7. The van der Waals surface area contributed by atoms with E-state index in [9.17, 15) is 4.79 Å². The summed E-state index contributed by atoms with van der Waals surface area (Å²) in [6.45, 7) is 0. The summed E-state index contributed by atoms with van der Waals surface area (Å²) in [6.07, 6.45) is 2.59. The number of nitrogens with zero attached hydrogens (tertiary/aromatic N) is 1. The van der Waals surface area contributed by atoms with Gasteiger partial charge in [-0.25, -0.2) is 0 Å². The standard InChI is InChI=1S/C12H14ClN3OS/c1-18-5-4-11(15)12(17)16-9-3-2-8(7-14)10(13)6-9/h2-3,6,11H,4-5,15H2,1H3,(H,16,17)/t11-/m0/s1. The van der Waals surface area contributed by atoms with Crippen LogP contribution >= 0.6 is 23.4 Å². The van der Waals surface area contributed by atoms with Crippen LogP contribution in [0.2, 0.25) is 5.02 Å². The molecule has 0 heterocycles. The monoisotopic (exact) mass is 283 g/mol. The number of nitriles is 1. The second-order valence-electron chi connectivity index (χ2n) is 3.68. The fourth-order valence-corrected chi connectivity index (χ4v) is 2.01. The third-order valence-electron chi connectivity index (χ3n) is 2.33. The lowest BCUT2D eigenvalue weighted by Crippen LogP contribution is -2.36. The summed E-state index contributed by atoms with van der Waals surface area (Å²) in [5.41, 5.74) is 6.66. The minimum atomic E-state index is -0.535. The number of amides is 1. The molecule has 0 spiro atoms. The van der Waals surface area contributed by atoms with E-state index >= 15 is 0 Å². The number of thioether (sulfide) groups is 1. The van der Waals surface area contributed by atoms with Crippen molar-refractivity contribution in [2.24, 2.45) is 5.73 Å². The van der Waals surface area contributed by atoms with Gasteiger partial charge in [0, 0.05) is 5.69 Å². The van der Waals surface area contributed by atoms with E-state index in [4.69, 9.17) is 22.6 Å². The molecule has 1 rings (SSSR count). The van der Waals surface area contributed by atoms with Gasteiger partial charge in [0.1, 0.15) is 6.07 Å². The largest absolute Gasteiger partial charge is 0.325 e. The van der Waals surface area contributed by atoms with Crippen LogP contribution in [0.25, 0.3) is 0 Å². The van der Waals surface area contributed by atoms with Crippen molar-refractivity contribution in [2.75, 3.05) is 17.3 Å². The number of carbonyl (C=O) groups is 1. The summed E-state index contributed by atoms with van der Waals surface area (Å²) in [7, 11) is 0. The molecule has 0 unspecified atom stereocenters. The average Bonchev–Trinajstić information content (AvgIpc) is 2.36. The summed E-state index contributed by atoms with van der Waals surface area (Å²) >= 11 is 7.51. The third-order valence-corrected chi connectivity index (χ3v) is 3.28. The van der Waals surface area contributed by atoms with E-state index in [0.717, 1.165) is 5.75 Å². The van der Waals surface area contributed by atoms with Crippen molar-refractivity contribution in [2.45, 2.75) is 12.5 Å². The lowest BCUT2D eigenvalue weighted by Gasteiger charge is -2.11. The second-order valence-corrected chi connectivity index (χ2v) is 5.08. The molecule has 0 saturated carbocycles. The van der Waals surface area contributed by atoms with Crippen LogP contribution in [-0.2, 0) is 4.79 Å². The van der Waals surface area contributed by atoms with Crippen molar-refractivity contribution < 1.29 is 4.79 Å². The van der Waals surface area contributed by atoms with Gasteiger partial charge in [0.2, 0.25) is 5.91 Å². The van der Waals surface area contributed by atoms with E-state index in [-0.39, 0.29) is 5.91 Å². The predicted molar refractivity (Wildman–Crippen MR) is 75.8 cm³/mol. The Hall–Kier alpha value is -1.22. The maximum atomic E-state index is 11.7. The molecule has 3 N–H and O–H groups in total. The Balaban J connectivity index is 2.65. The van der Waals surface area contributed by atoms with Gasteiger partial charge in [0.25, 0.3) is 0 Å². The second kappa shape index (κ2) is 7.27. The van der Waals surface area contributed by atoms with Crippen LogP contribution in [-0.4, -0.2) is 24.0 Å². The SMILES string of the molecule is CSCC[C@H](N)C(=O)Nc1ccc(C#N)c(Cl)c1. The van der Waals surface area contributed by atoms with Gasteiger partial charge in [-0.05, 0) is 36.6 Å². The van der Waals surface area contributed by atoms with Crippen molar-refractivity contribution in [1.82, 2.24) is 0 Å². The van der Waals surface area contributed by atoms with Crippen molar-refractivity contribution >= 4 is 35.0 Å². The van der Waals surface area contributed by atoms with E-state index < -0.39 is 6.04 Å². The minimum absolute atomic E-state index is 0.246. The molecular formula is C12H14ClN3OS. The summed E-state index contributed by atoms with van der Waals surface area (Å²) < 4.78 is 0. The van der Waals surface area contributed by atoms with Gasteiger partial charge in [-0.2, -0.15) is 17.0 Å². The number of rotatable bonds is 5. The summed E-state index contributed by atoms with van der Waals surface area (Å²) in [4.78, 5) is 11.7. The first-order valence-corrected chi connectivity index (χ1v) is 7.10. The Morgan fingerprint density at radius 1 is 1.67 bits per heavy atom. The highest BCUT2D eigenvalue weighted by atomic mass is 35.5. The van der Waals surface area contributed by atoms with Gasteiger partial charge < -0.3 is 11.1 Å². The predicted octanol–water partition coefficient (Wildman–Crippen LogP) is 2.23. The van der Waals surface area contributed by atoms with Crippen molar-refractivity contribution in [3.63, 3.8) is 0 Å². The average molecular weight is 284 g/mol. The molecular weight excluding hydrogens is 270 g/mol. The highest BCUT2D eigenvalue weighted by Crippen LogP contribution is 2.20. The molecule has 0 aromatic heterocycles. The Labute approximate surface area is 115 Å². The first-order chi connectivity index (χ1) is 8.58. The highest BCUT2D eigenvalue weighted by molar-refractivity contribution is 7.98. The van der Waals surface area contributed by atoms with Crippen LogP contribution in [0, 0.1) is 11.3 Å². The number of hydrogen-bond acceptors (Lipinski definition) is 4. The first-order valence-electron chi connectivity index (χ1n) is 5.33. The molecule has 18 heavy (non-hydrogen) atoms. The van der Waals surface area contributed by atoms with Gasteiger partial charge in [0.15, 0.2) is 0 Å². The number of benzene rings is 1. The molecule has 1 atom stereocenters. The molecule has 0 saturated heterocycles. The number of anilines is 1. The summed E-state index contributed by atoms with van der Waals surface area (Å²) in [6, 6.07) is 6.15. The van der Waals surface area contributed by atoms with Crippen LogP contribution in [0.3, 0.4) is 0 Å². The normalized spacial score (nSPS) is 11.7. The third kappa shape index (κ3) is 4.22. The molecule has 1 amide bonds. The van der Waals surface area contributed by atoms with E-state index in [0.29, 0.717) is 22.7 Å². The fourth-order valence-electron chi connectivity index (χ4n) is 1.29. The van der Waals surface area contributed by atoms with Crippen LogP contribution < -0.4 is 11.1 Å². The van der Waals surface area contributed by atoms with Crippen molar-refractivity contribution in [3.8, 4) is 6.07 Å². The number of halogens is 1. The molecule has 1 aromatic carbocycles. The van der Waals surface area contributed by atoms with E-state index in [2.05, 4.69) is 5.32 Å². The molecule has 6 heteroatoms. The molecule has 0 bridgehead atoms. The van der Waals surface area contributed by atoms with E-state index in [1.807, 2.05) is 12.3 Å². The Morgan fingerprint density at radius 3 is 2.94 bits per heavy atom. The summed E-state index contributed by atoms with van der Waals surface area (Å²) in [5.74, 6) is 0.590.